The van der Waals surface area contributed by atoms with Gasteiger partial charge >= 0.3 is 0 Å². The van der Waals surface area contributed by atoms with Crippen LogP contribution in [0.5, 0.6) is 0 Å². The number of nitrogens with one attached hydrogen (secondary N) is 1. The average molecular weight is 230 g/mol. The van der Waals surface area contributed by atoms with Gasteiger partial charge in [-0.15, -0.1) is 0 Å². The summed E-state index contributed by atoms with van der Waals surface area (Å²) in [5.74, 6) is 0.525. The molecule has 76 valence electrons. The summed E-state index contributed by atoms with van der Waals surface area (Å²) in [5.41, 5.74) is 1.14. The van der Waals surface area contributed by atoms with Gasteiger partial charge in [0.2, 0.25) is 0 Å². The van der Waals surface area contributed by atoms with Crippen LogP contribution < -0.4 is 5.32 Å². The van der Waals surface area contributed by atoms with Crippen LogP contribution in [0.3, 0.4) is 0 Å². The first kappa shape index (κ1) is 10.3. The third-order valence-electron chi connectivity index (χ3n) is 2.75. The second-order valence-corrected chi connectivity index (χ2v) is 4.47. The summed E-state index contributed by atoms with van der Waals surface area (Å²) < 4.78 is 0. The fourth-order valence-electron chi connectivity index (χ4n) is 2.01. The van der Waals surface area contributed by atoms with Crippen LogP contribution in [0.1, 0.15) is 24.3 Å². The molecular formula is C11H13Cl2N. The molecule has 1 saturated heterocycles. The largest absolute Gasteiger partial charge is 0.317 e. The van der Waals surface area contributed by atoms with Gasteiger partial charge in [0.1, 0.15) is 0 Å². The van der Waals surface area contributed by atoms with Crippen molar-refractivity contribution in [2.45, 2.75) is 18.8 Å². The van der Waals surface area contributed by atoms with Crippen LogP contribution in [0.4, 0.5) is 0 Å². The highest BCUT2D eigenvalue weighted by atomic mass is 35.5. The van der Waals surface area contributed by atoms with E-state index in [1.54, 1.807) is 0 Å². The molecule has 0 atom stereocenters. The van der Waals surface area contributed by atoms with Crippen molar-refractivity contribution in [3.05, 3.63) is 33.8 Å². The molecule has 14 heavy (non-hydrogen) atoms. The van der Waals surface area contributed by atoms with Gasteiger partial charge in [0.05, 0.1) is 0 Å². The van der Waals surface area contributed by atoms with Crippen LogP contribution in [0, 0.1) is 0 Å². The zero-order valence-corrected chi connectivity index (χ0v) is 9.41. The molecular weight excluding hydrogens is 217 g/mol. The Balaban J connectivity index is 2.29. The van der Waals surface area contributed by atoms with E-state index in [1.807, 2.05) is 18.2 Å². The van der Waals surface area contributed by atoms with E-state index in [1.165, 1.54) is 0 Å². The van der Waals surface area contributed by atoms with Crippen molar-refractivity contribution in [1.82, 2.24) is 5.32 Å². The molecule has 0 aromatic heterocycles. The van der Waals surface area contributed by atoms with E-state index < -0.39 is 0 Å². The molecule has 1 aromatic carbocycles. The summed E-state index contributed by atoms with van der Waals surface area (Å²) in [7, 11) is 0. The molecule has 0 aliphatic carbocycles. The van der Waals surface area contributed by atoms with Gasteiger partial charge in [0, 0.05) is 10.0 Å². The predicted molar refractivity (Wildman–Crippen MR) is 61.3 cm³/mol. The monoisotopic (exact) mass is 229 g/mol. The van der Waals surface area contributed by atoms with Crippen LogP contribution in [-0.2, 0) is 0 Å². The van der Waals surface area contributed by atoms with Crippen molar-refractivity contribution in [1.29, 1.82) is 0 Å². The maximum absolute atomic E-state index is 6.16. The molecule has 1 N–H and O–H groups in total. The van der Waals surface area contributed by atoms with Crippen LogP contribution in [0.15, 0.2) is 18.2 Å². The highest BCUT2D eigenvalue weighted by Crippen LogP contribution is 2.35. The fourth-order valence-corrected chi connectivity index (χ4v) is 2.72. The molecule has 1 heterocycles. The Morgan fingerprint density at radius 3 is 2.21 bits per heavy atom. The number of piperidine rings is 1. The number of benzene rings is 1. The Morgan fingerprint density at radius 1 is 1.07 bits per heavy atom. The molecule has 0 bridgehead atoms. The van der Waals surface area contributed by atoms with E-state index in [4.69, 9.17) is 23.2 Å². The Morgan fingerprint density at radius 2 is 1.64 bits per heavy atom. The normalized spacial score (nSPS) is 18.4. The molecule has 2 rings (SSSR count). The summed E-state index contributed by atoms with van der Waals surface area (Å²) >= 11 is 12.3. The van der Waals surface area contributed by atoms with Gasteiger partial charge in [-0.2, -0.15) is 0 Å². The molecule has 0 amide bonds. The zero-order valence-electron chi connectivity index (χ0n) is 7.89. The smallest absolute Gasteiger partial charge is 0.0455 e. The summed E-state index contributed by atoms with van der Waals surface area (Å²) in [5, 5.41) is 4.96. The lowest BCUT2D eigenvalue weighted by Gasteiger charge is -2.24. The van der Waals surface area contributed by atoms with Crippen LogP contribution in [0.25, 0.3) is 0 Å². The third kappa shape index (κ3) is 2.05. The van der Waals surface area contributed by atoms with Gasteiger partial charge < -0.3 is 5.32 Å². The first-order chi connectivity index (χ1) is 6.79. The second kappa shape index (κ2) is 4.52. The third-order valence-corrected chi connectivity index (χ3v) is 3.41. The predicted octanol–water partition coefficient (Wildman–Crippen LogP) is 3.46. The molecule has 0 unspecified atom stereocenters. The first-order valence-corrected chi connectivity index (χ1v) is 5.69. The number of hydrogen-bond acceptors (Lipinski definition) is 1. The van der Waals surface area contributed by atoms with E-state index in [-0.39, 0.29) is 0 Å². The zero-order chi connectivity index (χ0) is 9.97. The summed E-state index contributed by atoms with van der Waals surface area (Å²) in [6.45, 7) is 2.12. The van der Waals surface area contributed by atoms with E-state index in [2.05, 4.69) is 5.32 Å². The topological polar surface area (TPSA) is 12.0 Å². The highest BCUT2D eigenvalue weighted by molar-refractivity contribution is 6.36. The molecule has 1 aliphatic heterocycles. The fraction of sp³-hybridized carbons (Fsp3) is 0.455. The Bertz CT molecular complexity index is 299. The van der Waals surface area contributed by atoms with E-state index in [9.17, 15) is 0 Å². The molecule has 1 nitrogen and oxygen atoms in total. The van der Waals surface area contributed by atoms with Crippen molar-refractivity contribution in [3.8, 4) is 0 Å². The van der Waals surface area contributed by atoms with Gasteiger partial charge in [-0.25, -0.2) is 0 Å². The Labute approximate surface area is 94.4 Å². The summed E-state index contributed by atoms with van der Waals surface area (Å²) in [4.78, 5) is 0. The summed E-state index contributed by atoms with van der Waals surface area (Å²) in [6, 6.07) is 5.74. The molecule has 0 spiro atoms. The SMILES string of the molecule is Clc1cccc(Cl)c1C1CCNCC1. The molecule has 1 aromatic rings. The minimum absolute atomic E-state index is 0.525. The summed E-state index contributed by atoms with van der Waals surface area (Å²) in [6.07, 6.45) is 2.26. The molecule has 1 aliphatic rings. The lowest BCUT2D eigenvalue weighted by molar-refractivity contribution is 0.460. The van der Waals surface area contributed by atoms with Crippen molar-refractivity contribution in [2.24, 2.45) is 0 Å². The Kier molecular flexibility index (Phi) is 3.32. The minimum Gasteiger partial charge on any atom is -0.317 e. The van der Waals surface area contributed by atoms with Crippen molar-refractivity contribution in [3.63, 3.8) is 0 Å². The van der Waals surface area contributed by atoms with Crippen molar-refractivity contribution >= 4 is 23.2 Å². The van der Waals surface area contributed by atoms with Crippen LogP contribution in [0.2, 0.25) is 10.0 Å². The lowest BCUT2D eigenvalue weighted by Crippen LogP contribution is -2.26. The quantitative estimate of drug-likeness (QED) is 0.778. The molecule has 0 radical (unpaired) electrons. The van der Waals surface area contributed by atoms with Crippen LogP contribution in [-0.4, -0.2) is 13.1 Å². The Hall–Kier alpha value is -0.240. The number of hydrogen-bond donors (Lipinski definition) is 1. The number of halogens is 2. The molecule has 0 saturated carbocycles. The van der Waals surface area contributed by atoms with E-state index in [0.717, 1.165) is 41.5 Å². The first-order valence-electron chi connectivity index (χ1n) is 4.93. The van der Waals surface area contributed by atoms with Crippen molar-refractivity contribution < 1.29 is 0 Å². The van der Waals surface area contributed by atoms with Gasteiger partial charge in [-0.05, 0) is 49.5 Å². The van der Waals surface area contributed by atoms with E-state index >= 15 is 0 Å². The van der Waals surface area contributed by atoms with Gasteiger partial charge in [0.25, 0.3) is 0 Å². The second-order valence-electron chi connectivity index (χ2n) is 3.66. The lowest BCUT2D eigenvalue weighted by atomic mass is 9.90. The standard InChI is InChI=1S/C11H13Cl2N/c12-9-2-1-3-10(13)11(9)8-4-6-14-7-5-8/h1-3,8,14H,4-7H2. The van der Waals surface area contributed by atoms with Gasteiger partial charge in [-0.1, -0.05) is 29.3 Å². The average Bonchev–Trinajstić information content (AvgIpc) is 2.19. The van der Waals surface area contributed by atoms with E-state index in [0.29, 0.717) is 5.92 Å². The van der Waals surface area contributed by atoms with Crippen LogP contribution >= 0.6 is 23.2 Å². The maximum atomic E-state index is 6.16. The molecule has 3 heteroatoms. The highest BCUT2D eigenvalue weighted by Gasteiger charge is 2.19. The molecule has 1 fully saturated rings. The van der Waals surface area contributed by atoms with Gasteiger partial charge in [0.15, 0.2) is 0 Å². The maximum Gasteiger partial charge on any atom is 0.0455 e. The van der Waals surface area contributed by atoms with Gasteiger partial charge in [-0.3, -0.25) is 0 Å². The van der Waals surface area contributed by atoms with Crippen molar-refractivity contribution in [2.75, 3.05) is 13.1 Å². The number of rotatable bonds is 1. The minimum atomic E-state index is 0.525.